The lowest BCUT2D eigenvalue weighted by atomic mass is 9.99. The summed E-state index contributed by atoms with van der Waals surface area (Å²) in [5.41, 5.74) is 0.382. The van der Waals surface area contributed by atoms with Crippen molar-refractivity contribution >= 4 is 41.0 Å². The molecule has 3 rings (SSSR count). The number of amides is 2. The second kappa shape index (κ2) is 10.5. The fraction of sp³-hybridized carbons (Fsp3) is 0.250. The number of benzene rings is 1. The van der Waals surface area contributed by atoms with Crippen LogP contribution in [0.25, 0.3) is 0 Å². The number of rotatable bonds is 9. The summed E-state index contributed by atoms with van der Waals surface area (Å²) < 4.78 is 9.81. The molecule has 11 heteroatoms. The van der Waals surface area contributed by atoms with Crippen LogP contribution in [0, 0.1) is 0 Å². The number of H-pyrrole nitrogens is 1. The van der Waals surface area contributed by atoms with Crippen molar-refractivity contribution in [3.8, 4) is 0 Å². The molecule has 1 aromatic heterocycles. The summed E-state index contributed by atoms with van der Waals surface area (Å²) in [5.74, 6) is -1.05. The van der Waals surface area contributed by atoms with E-state index in [4.69, 9.17) is 4.74 Å². The number of fused-ring (bicyclic) bond motifs is 1. The summed E-state index contributed by atoms with van der Waals surface area (Å²) in [6.45, 7) is 0.860. The van der Waals surface area contributed by atoms with Crippen LogP contribution in [0.5, 0.6) is 0 Å². The minimum atomic E-state index is -0.561. The first-order valence-electron chi connectivity index (χ1n) is 9.29. The summed E-state index contributed by atoms with van der Waals surface area (Å²) in [6.07, 6.45) is 0.672. The molecule has 1 aromatic carbocycles. The van der Waals surface area contributed by atoms with Crippen LogP contribution in [0.2, 0.25) is 0 Å². The van der Waals surface area contributed by atoms with Crippen LogP contribution < -0.4 is 10.6 Å². The van der Waals surface area contributed by atoms with Crippen molar-refractivity contribution in [2.75, 3.05) is 37.9 Å². The molecule has 10 nitrogen and oxygen atoms in total. The van der Waals surface area contributed by atoms with Crippen LogP contribution in [0.15, 0.2) is 41.3 Å². The number of ketones is 2. The first kappa shape index (κ1) is 22.2. The number of allylic oxidation sites excluding steroid dienone is 2. The number of anilines is 1. The molecular formula is C20H20N4O6S. The zero-order valence-corrected chi connectivity index (χ0v) is 17.4. The van der Waals surface area contributed by atoms with Crippen LogP contribution in [0.3, 0.4) is 0 Å². The molecule has 1 aliphatic carbocycles. The first-order chi connectivity index (χ1) is 15.0. The number of ether oxygens (including phenoxy) is 2. The van der Waals surface area contributed by atoms with Crippen molar-refractivity contribution in [1.29, 1.82) is 0 Å². The van der Waals surface area contributed by atoms with Gasteiger partial charge in [0.05, 0.1) is 30.8 Å². The molecule has 162 valence electrons. The third-order valence-corrected chi connectivity index (χ3v) is 5.14. The summed E-state index contributed by atoms with van der Waals surface area (Å²) in [6, 6.07) is 8.74. The molecule has 1 aliphatic rings. The highest BCUT2D eigenvalue weighted by atomic mass is 32.2. The lowest BCUT2D eigenvalue weighted by Crippen LogP contribution is -2.27. The highest BCUT2D eigenvalue weighted by Crippen LogP contribution is 2.29. The molecule has 0 saturated heterocycles. The number of aromatic amines is 1. The monoisotopic (exact) mass is 444 g/mol. The molecule has 0 spiro atoms. The second-order valence-electron chi connectivity index (χ2n) is 6.22. The van der Waals surface area contributed by atoms with Crippen molar-refractivity contribution < 1.29 is 28.7 Å². The van der Waals surface area contributed by atoms with E-state index >= 15 is 0 Å². The number of thioether (sulfide) groups is 1. The maximum Gasteiger partial charge on any atom is 0.406 e. The predicted molar refractivity (Wildman–Crippen MR) is 113 cm³/mol. The Kier molecular flexibility index (Phi) is 7.57. The Morgan fingerprint density at radius 1 is 1.16 bits per heavy atom. The minimum Gasteiger partial charge on any atom is -0.453 e. The van der Waals surface area contributed by atoms with E-state index < -0.39 is 23.6 Å². The maximum atomic E-state index is 12.9. The molecule has 31 heavy (non-hydrogen) atoms. The van der Waals surface area contributed by atoms with E-state index in [0.29, 0.717) is 18.0 Å². The van der Waals surface area contributed by atoms with Crippen molar-refractivity contribution in [1.82, 2.24) is 15.5 Å². The van der Waals surface area contributed by atoms with Gasteiger partial charge in [0.25, 0.3) is 5.91 Å². The number of nitrogens with one attached hydrogen (secondary N) is 3. The molecule has 0 radical (unpaired) electrons. The van der Waals surface area contributed by atoms with Gasteiger partial charge in [-0.05, 0) is 12.1 Å². The SMILES string of the molecule is COC(=O)NCCOCCSC1=CC(=O)c2n[nH]c(C(=O)Nc3ccccc3)c2C1=O. The number of hydrogen-bond acceptors (Lipinski definition) is 8. The fourth-order valence-electron chi connectivity index (χ4n) is 2.71. The number of hydrogen-bond donors (Lipinski definition) is 3. The Morgan fingerprint density at radius 2 is 1.94 bits per heavy atom. The Balaban J connectivity index is 1.57. The van der Waals surface area contributed by atoms with Gasteiger partial charge >= 0.3 is 6.09 Å². The standard InChI is InChI=1S/C20H20N4O6S/c1-29-20(28)21-7-8-30-9-10-31-14-11-13(25)16-15(18(14)26)17(24-23-16)19(27)22-12-5-3-2-4-6-12/h2-6,11H,7-10H2,1H3,(H,21,28)(H,22,27)(H,23,24). The molecule has 0 atom stereocenters. The summed E-state index contributed by atoms with van der Waals surface area (Å²) >= 11 is 1.15. The van der Waals surface area contributed by atoms with Gasteiger partial charge in [-0.1, -0.05) is 18.2 Å². The van der Waals surface area contributed by atoms with Gasteiger partial charge in [0.1, 0.15) is 11.4 Å². The highest BCUT2D eigenvalue weighted by Gasteiger charge is 2.33. The zero-order chi connectivity index (χ0) is 22.2. The fourth-order valence-corrected chi connectivity index (χ4v) is 3.56. The van der Waals surface area contributed by atoms with Gasteiger partial charge in [0.2, 0.25) is 11.6 Å². The molecule has 3 N–H and O–H groups in total. The third kappa shape index (κ3) is 5.58. The van der Waals surface area contributed by atoms with E-state index in [2.05, 4.69) is 25.6 Å². The second-order valence-corrected chi connectivity index (χ2v) is 7.36. The van der Waals surface area contributed by atoms with Gasteiger partial charge in [-0.25, -0.2) is 4.79 Å². The van der Waals surface area contributed by atoms with Crippen molar-refractivity contribution in [2.45, 2.75) is 0 Å². The van der Waals surface area contributed by atoms with Gasteiger partial charge in [-0.15, -0.1) is 11.8 Å². The number of alkyl carbamates (subject to hydrolysis) is 1. The van der Waals surface area contributed by atoms with E-state index in [1.165, 1.54) is 13.2 Å². The normalized spacial score (nSPS) is 12.7. The molecule has 0 bridgehead atoms. The Bertz CT molecular complexity index is 1020. The minimum absolute atomic E-state index is 0.0355. The van der Waals surface area contributed by atoms with Crippen molar-refractivity contribution in [3.05, 3.63) is 58.3 Å². The van der Waals surface area contributed by atoms with Crippen LogP contribution in [-0.4, -0.2) is 66.4 Å². The zero-order valence-electron chi connectivity index (χ0n) is 16.6. The Labute approximate surface area is 181 Å². The lowest BCUT2D eigenvalue weighted by molar-refractivity contribution is 0.0978. The van der Waals surface area contributed by atoms with Crippen molar-refractivity contribution in [3.63, 3.8) is 0 Å². The number of carbonyl (C=O) groups is 4. The Morgan fingerprint density at radius 3 is 2.68 bits per heavy atom. The highest BCUT2D eigenvalue weighted by molar-refractivity contribution is 8.04. The van der Waals surface area contributed by atoms with Crippen LogP contribution in [-0.2, 0) is 9.47 Å². The summed E-state index contributed by atoms with van der Waals surface area (Å²) in [4.78, 5) is 49.0. The molecule has 0 aliphatic heterocycles. The number of para-hydroxylation sites is 1. The lowest BCUT2D eigenvalue weighted by Gasteiger charge is -2.12. The van der Waals surface area contributed by atoms with E-state index in [0.717, 1.165) is 11.8 Å². The molecule has 2 aromatic rings. The van der Waals surface area contributed by atoms with Crippen LogP contribution in [0.4, 0.5) is 10.5 Å². The van der Waals surface area contributed by atoms with Crippen molar-refractivity contribution in [2.24, 2.45) is 0 Å². The Hall–Kier alpha value is -3.44. The van der Waals surface area contributed by atoms with Gasteiger partial charge in [-0.2, -0.15) is 5.10 Å². The third-order valence-electron chi connectivity index (χ3n) is 4.16. The smallest absolute Gasteiger partial charge is 0.406 e. The number of methoxy groups -OCH3 is 1. The number of carbonyl (C=O) groups excluding carboxylic acids is 4. The van der Waals surface area contributed by atoms with Gasteiger partial charge in [0, 0.05) is 24.1 Å². The number of aromatic nitrogens is 2. The van der Waals surface area contributed by atoms with E-state index in [-0.39, 0.29) is 35.0 Å². The molecule has 1 heterocycles. The molecule has 0 fully saturated rings. The average molecular weight is 444 g/mol. The predicted octanol–water partition coefficient (Wildman–Crippen LogP) is 2.03. The van der Waals surface area contributed by atoms with Crippen LogP contribution >= 0.6 is 11.8 Å². The quantitative estimate of drug-likeness (QED) is 0.499. The average Bonchev–Trinajstić information content (AvgIpc) is 3.23. The summed E-state index contributed by atoms with van der Waals surface area (Å²) in [7, 11) is 1.27. The maximum absolute atomic E-state index is 12.9. The van der Waals surface area contributed by atoms with E-state index in [1.54, 1.807) is 24.3 Å². The molecule has 0 unspecified atom stereocenters. The topological polar surface area (TPSA) is 139 Å². The number of Topliss-reactive ketones (excluding diaryl/α,β-unsaturated/α-hetero) is 1. The largest absolute Gasteiger partial charge is 0.453 e. The first-order valence-corrected chi connectivity index (χ1v) is 10.3. The molecular weight excluding hydrogens is 424 g/mol. The van der Waals surface area contributed by atoms with Gasteiger partial charge in [0.15, 0.2) is 0 Å². The summed E-state index contributed by atoms with van der Waals surface area (Å²) in [5, 5.41) is 11.5. The molecule has 0 saturated carbocycles. The van der Waals surface area contributed by atoms with E-state index in [1.807, 2.05) is 6.07 Å². The molecule has 2 amide bonds. The van der Waals surface area contributed by atoms with Gasteiger partial charge in [-0.3, -0.25) is 19.5 Å². The van der Waals surface area contributed by atoms with Crippen LogP contribution in [0.1, 0.15) is 31.3 Å². The van der Waals surface area contributed by atoms with E-state index in [9.17, 15) is 19.2 Å². The number of nitrogens with zero attached hydrogens (tertiary/aromatic N) is 1. The van der Waals surface area contributed by atoms with Gasteiger partial charge < -0.3 is 20.1 Å².